The lowest BCUT2D eigenvalue weighted by Crippen LogP contribution is -2.06. The van der Waals surface area contributed by atoms with E-state index in [1.54, 1.807) is 0 Å². The fraction of sp³-hybridized carbons (Fsp3) is 0.0833. The molecule has 9 heteroatoms. The van der Waals surface area contributed by atoms with Gasteiger partial charge in [0.25, 0.3) is 0 Å². The second kappa shape index (κ2) is 4.62. The lowest BCUT2D eigenvalue weighted by molar-refractivity contribution is 0.401. The predicted octanol–water partition coefficient (Wildman–Crippen LogP) is 1.82. The van der Waals surface area contributed by atoms with Crippen molar-refractivity contribution in [3.05, 3.63) is 35.9 Å². The average Bonchev–Trinajstić information content (AvgIpc) is 2.81. The summed E-state index contributed by atoms with van der Waals surface area (Å²) in [4.78, 5) is 11.7. The maximum Gasteiger partial charge on any atom is 0.245 e. The van der Waals surface area contributed by atoms with Crippen LogP contribution in [0.1, 0.15) is 0 Å². The second-order valence-electron chi connectivity index (χ2n) is 4.06. The number of benzene rings is 1. The van der Waals surface area contributed by atoms with Crippen molar-refractivity contribution in [1.29, 1.82) is 0 Å². The largest absolute Gasteiger partial charge is 0.479 e. The van der Waals surface area contributed by atoms with E-state index in [2.05, 4.69) is 15.0 Å². The number of halogens is 3. The lowest BCUT2D eigenvalue weighted by Gasteiger charge is -2.08. The van der Waals surface area contributed by atoms with Crippen LogP contribution in [-0.4, -0.2) is 26.6 Å². The first-order valence-electron chi connectivity index (χ1n) is 5.71. The number of anilines is 1. The maximum absolute atomic E-state index is 13.9. The van der Waals surface area contributed by atoms with Gasteiger partial charge in [-0.15, -0.1) is 0 Å². The molecule has 6 nitrogen and oxygen atoms in total. The minimum absolute atomic E-state index is 0.115. The molecule has 0 aliphatic rings. The Labute approximate surface area is 116 Å². The summed E-state index contributed by atoms with van der Waals surface area (Å²) in [5.74, 6) is -4.32. The molecular formula is C12H8F3N5O. The van der Waals surface area contributed by atoms with Crippen molar-refractivity contribution in [2.24, 2.45) is 0 Å². The third-order valence-corrected chi connectivity index (χ3v) is 2.89. The molecule has 0 aliphatic carbocycles. The molecule has 0 fully saturated rings. The number of ether oxygens (including phenoxy) is 1. The zero-order chi connectivity index (χ0) is 15.1. The highest BCUT2D eigenvalue weighted by Gasteiger charge is 2.21. The predicted molar refractivity (Wildman–Crippen MR) is 67.5 cm³/mol. The van der Waals surface area contributed by atoms with Crippen molar-refractivity contribution >= 4 is 17.1 Å². The summed E-state index contributed by atoms with van der Waals surface area (Å²) < 4.78 is 46.4. The van der Waals surface area contributed by atoms with Gasteiger partial charge in [0.05, 0.1) is 12.8 Å². The molecule has 3 aromatic rings. The molecule has 21 heavy (non-hydrogen) atoms. The standard InChI is InChI=1S/C12H8F3N5O/c1-21-11-9-10(17-4-18-11)20(12(16)19-9)6-3-2-5(13)7(14)8(6)15/h2-4H,1H3,(H2,16,19). The van der Waals surface area contributed by atoms with Crippen molar-refractivity contribution in [2.75, 3.05) is 12.8 Å². The molecule has 2 N–H and O–H groups in total. The molecule has 0 atom stereocenters. The summed E-state index contributed by atoms with van der Waals surface area (Å²) >= 11 is 0. The van der Waals surface area contributed by atoms with Crippen LogP contribution < -0.4 is 10.5 Å². The van der Waals surface area contributed by atoms with E-state index in [0.717, 1.165) is 23.0 Å². The minimum atomic E-state index is -1.60. The summed E-state index contributed by atoms with van der Waals surface area (Å²) in [5.41, 5.74) is 5.70. The van der Waals surface area contributed by atoms with Crippen LogP contribution in [0.15, 0.2) is 18.5 Å². The molecular weight excluding hydrogens is 287 g/mol. The van der Waals surface area contributed by atoms with Gasteiger partial charge in [-0.2, -0.15) is 4.98 Å². The van der Waals surface area contributed by atoms with Gasteiger partial charge in [0, 0.05) is 0 Å². The molecule has 0 saturated heterocycles. The summed E-state index contributed by atoms with van der Waals surface area (Å²) in [5, 5.41) is 0. The maximum atomic E-state index is 13.9. The van der Waals surface area contributed by atoms with Crippen LogP contribution in [0.4, 0.5) is 19.1 Å². The van der Waals surface area contributed by atoms with Crippen molar-refractivity contribution in [3.8, 4) is 11.6 Å². The summed E-state index contributed by atoms with van der Waals surface area (Å²) in [6.07, 6.45) is 1.16. The molecule has 2 heterocycles. The zero-order valence-electron chi connectivity index (χ0n) is 10.6. The van der Waals surface area contributed by atoms with Crippen molar-refractivity contribution in [3.63, 3.8) is 0 Å². The number of imidazole rings is 1. The van der Waals surface area contributed by atoms with E-state index in [-0.39, 0.29) is 28.7 Å². The molecule has 0 amide bonds. The van der Waals surface area contributed by atoms with Gasteiger partial charge in [0.15, 0.2) is 28.6 Å². The Morgan fingerprint density at radius 1 is 1.14 bits per heavy atom. The highest BCUT2D eigenvalue weighted by molar-refractivity contribution is 5.81. The minimum Gasteiger partial charge on any atom is -0.479 e. The molecule has 108 valence electrons. The average molecular weight is 295 g/mol. The first-order chi connectivity index (χ1) is 10.0. The molecule has 3 rings (SSSR count). The van der Waals surface area contributed by atoms with Gasteiger partial charge < -0.3 is 10.5 Å². The number of nitrogens with two attached hydrogens (primary N) is 1. The van der Waals surface area contributed by atoms with Gasteiger partial charge in [-0.25, -0.2) is 23.1 Å². The fourth-order valence-corrected chi connectivity index (χ4v) is 1.96. The topological polar surface area (TPSA) is 78.8 Å². The van der Waals surface area contributed by atoms with Crippen molar-refractivity contribution in [2.45, 2.75) is 0 Å². The van der Waals surface area contributed by atoms with Crippen LogP contribution in [0, 0.1) is 17.5 Å². The van der Waals surface area contributed by atoms with Gasteiger partial charge >= 0.3 is 0 Å². The van der Waals surface area contributed by atoms with Crippen LogP contribution in [0.3, 0.4) is 0 Å². The van der Waals surface area contributed by atoms with E-state index in [4.69, 9.17) is 10.5 Å². The highest BCUT2D eigenvalue weighted by atomic mass is 19.2. The molecule has 0 radical (unpaired) electrons. The number of aromatic nitrogens is 4. The number of hydrogen-bond donors (Lipinski definition) is 1. The molecule has 2 aromatic heterocycles. The summed E-state index contributed by atoms with van der Waals surface area (Å²) in [6.45, 7) is 0. The number of hydrogen-bond acceptors (Lipinski definition) is 5. The molecule has 0 saturated carbocycles. The SMILES string of the molecule is COc1ncnc2c1nc(N)n2-c1ccc(F)c(F)c1F. The third kappa shape index (κ3) is 1.85. The molecule has 0 unspecified atom stereocenters. The first-order valence-corrected chi connectivity index (χ1v) is 5.71. The monoisotopic (exact) mass is 295 g/mol. The lowest BCUT2D eigenvalue weighted by atomic mass is 10.2. The second-order valence-corrected chi connectivity index (χ2v) is 4.06. The Morgan fingerprint density at radius 2 is 1.90 bits per heavy atom. The van der Waals surface area contributed by atoms with Gasteiger partial charge in [-0.05, 0) is 12.1 Å². The van der Waals surface area contributed by atoms with E-state index in [0.29, 0.717) is 0 Å². The quantitative estimate of drug-likeness (QED) is 0.730. The molecule has 0 spiro atoms. The molecule has 0 aliphatic heterocycles. The Bertz CT molecular complexity index is 849. The van der Waals surface area contributed by atoms with Crippen molar-refractivity contribution < 1.29 is 17.9 Å². The van der Waals surface area contributed by atoms with E-state index < -0.39 is 17.5 Å². The Balaban J connectivity index is 2.36. The number of fused-ring (bicyclic) bond motifs is 1. The van der Waals surface area contributed by atoms with Gasteiger partial charge in [-0.1, -0.05) is 0 Å². The van der Waals surface area contributed by atoms with Gasteiger partial charge in [-0.3, -0.25) is 4.57 Å². The Hall–Kier alpha value is -2.84. The molecule has 0 bridgehead atoms. The number of nitrogens with zero attached hydrogens (tertiary/aromatic N) is 4. The van der Waals surface area contributed by atoms with Crippen LogP contribution in [0.2, 0.25) is 0 Å². The van der Waals surface area contributed by atoms with Crippen LogP contribution in [0.5, 0.6) is 5.88 Å². The van der Waals surface area contributed by atoms with E-state index in [1.165, 1.54) is 7.11 Å². The van der Waals surface area contributed by atoms with E-state index >= 15 is 0 Å². The number of methoxy groups -OCH3 is 1. The number of rotatable bonds is 2. The van der Waals surface area contributed by atoms with E-state index in [1.807, 2.05) is 0 Å². The number of nitrogen functional groups attached to an aromatic ring is 1. The normalized spacial score (nSPS) is 11.0. The zero-order valence-corrected chi connectivity index (χ0v) is 10.6. The molecule has 1 aromatic carbocycles. The first kappa shape index (κ1) is 13.2. The van der Waals surface area contributed by atoms with Crippen LogP contribution >= 0.6 is 0 Å². The highest BCUT2D eigenvalue weighted by Crippen LogP contribution is 2.28. The van der Waals surface area contributed by atoms with Crippen LogP contribution in [-0.2, 0) is 0 Å². The summed E-state index contributed by atoms with van der Waals surface area (Å²) in [7, 11) is 1.37. The fourth-order valence-electron chi connectivity index (χ4n) is 1.96. The third-order valence-electron chi connectivity index (χ3n) is 2.89. The summed E-state index contributed by atoms with van der Waals surface area (Å²) in [6, 6.07) is 1.83. The Morgan fingerprint density at radius 3 is 2.62 bits per heavy atom. The van der Waals surface area contributed by atoms with Gasteiger partial charge in [0.1, 0.15) is 6.33 Å². The van der Waals surface area contributed by atoms with Crippen LogP contribution in [0.25, 0.3) is 16.9 Å². The van der Waals surface area contributed by atoms with Gasteiger partial charge in [0.2, 0.25) is 11.8 Å². The smallest absolute Gasteiger partial charge is 0.245 e. The van der Waals surface area contributed by atoms with E-state index in [9.17, 15) is 13.2 Å². The Kier molecular flexibility index (Phi) is 2.89. The van der Waals surface area contributed by atoms with Crippen molar-refractivity contribution in [1.82, 2.24) is 19.5 Å².